The standard InChI is InChI=1S/C21H19BrN2O3/c1-14-11-16(22)8-10-19(14)27-13-21(25)24-23-12-18-17-6-4-3-5-15(17)7-9-20(18)26-2/h3-12H,13H2,1-2H3,(H,24,25)/b23-12+. The van der Waals surface area contributed by atoms with E-state index in [1.165, 1.54) is 0 Å². The second-order valence-electron chi connectivity index (χ2n) is 5.89. The highest BCUT2D eigenvalue weighted by molar-refractivity contribution is 9.10. The van der Waals surface area contributed by atoms with Crippen LogP contribution in [0.1, 0.15) is 11.1 Å². The van der Waals surface area contributed by atoms with Crippen molar-refractivity contribution in [3.8, 4) is 11.5 Å². The van der Waals surface area contributed by atoms with Crippen molar-refractivity contribution in [2.75, 3.05) is 13.7 Å². The number of hydrogen-bond donors (Lipinski definition) is 1. The third-order valence-electron chi connectivity index (χ3n) is 4.03. The van der Waals surface area contributed by atoms with E-state index in [0.29, 0.717) is 11.5 Å². The van der Waals surface area contributed by atoms with Gasteiger partial charge in [0.2, 0.25) is 0 Å². The average molecular weight is 427 g/mol. The summed E-state index contributed by atoms with van der Waals surface area (Å²) in [6.45, 7) is 1.80. The van der Waals surface area contributed by atoms with Crippen LogP contribution in [0.3, 0.4) is 0 Å². The predicted molar refractivity (Wildman–Crippen MR) is 111 cm³/mol. The van der Waals surface area contributed by atoms with Crippen LogP contribution in [-0.2, 0) is 4.79 Å². The lowest BCUT2D eigenvalue weighted by molar-refractivity contribution is -0.123. The Morgan fingerprint density at radius 2 is 1.93 bits per heavy atom. The maximum Gasteiger partial charge on any atom is 0.277 e. The summed E-state index contributed by atoms with van der Waals surface area (Å²) < 4.78 is 11.9. The highest BCUT2D eigenvalue weighted by atomic mass is 79.9. The molecule has 0 saturated carbocycles. The summed E-state index contributed by atoms with van der Waals surface area (Å²) in [7, 11) is 1.61. The number of carbonyl (C=O) groups is 1. The molecule has 0 aliphatic rings. The van der Waals surface area contributed by atoms with Crippen LogP contribution in [0.5, 0.6) is 11.5 Å². The van der Waals surface area contributed by atoms with E-state index in [2.05, 4.69) is 26.5 Å². The molecule has 3 aromatic carbocycles. The maximum atomic E-state index is 12.0. The SMILES string of the molecule is COc1ccc2ccccc2c1/C=N/NC(=O)COc1ccc(Br)cc1C. The Kier molecular flexibility index (Phi) is 6.08. The molecule has 0 spiro atoms. The van der Waals surface area contributed by atoms with Gasteiger partial charge in [0.25, 0.3) is 5.91 Å². The van der Waals surface area contributed by atoms with Crippen LogP contribution in [-0.4, -0.2) is 25.8 Å². The molecule has 0 heterocycles. The van der Waals surface area contributed by atoms with E-state index < -0.39 is 0 Å². The van der Waals surface area contributed by atoms with Crippen molar-refractivity contribution < 1.29 is 14.3 Å². The second kappa shape index (κ2) is 8.68. The van der Waals surface area contributed by atoms with Crippen molar-refractivity contribution in [1.29, 1.82) is 0 Å². The molecule has 1 amide bonds. The van der Waals surface area contributed by atoms with Crippen LogP contribution < -0.4 is 14.9 Å². The van der Waals surface area contributed by atoms with Gasteiger partial charge in [-0.25, -0.2) is 5.43 Å². The van der Waals surface area contributed by atoms with Crippen molar-refractivity contribution in [1.82, 2.24) is 5.43 Å². The lowest BCUT2D eigenvalue weighted by Crippen LogP contribution is -2.24. The molecule has 3 rings (SSSR count). The number of ether oxygens (including phenoxy) is 2. The summed E-state index contributed by atoms with van der Waals surface area (Å²) in [5.74, 6) is 1.01. The molecule has 0 saturated heterocycles. The number of aryl methyl sites for hydroxylation is 1. The fourth-order valence-corrected chi connectivity index (χ4v) is 3.18. The van der Waals surface area contributed by atoms with E-state index in [4.69, 9.17) is 9.47 Å². The molecule has 6 heteroatoms. The summed E-state index contributed by atoms with van der Waals surface area (Å²) in [6.07, 6.45) is 1.59. The lowest BCUT2D eigenvalue weighted by Gasteiger charge is -2.09. The highest BCUT2D eigenvalue weighted by Gasteiger charge is 2.07. The molecule has 5 nitrogen and oxygen atoms in total. The zero-order chi connectivity index (χ0) is 19.2. The summed E-state index contributed by atoms with van der Waals surface area (Å²) in [5, 5.41) is 6.12. The maximum absolute atomic E-state index is 12.0. The Labute approximate surface area is 166 Å². The van der Waals surface area contributed by atoms with Gasteiger partial charge < -0.3 is 9.47 Å². The van der Waals surface area contributed by atoms with Crippen molar-refractivity contribution in [2.24, 2.45) is 5.10 Å². The first-order valence-corrected chi connectivity index (χ1v) is 9.14. The molecule has 138 valence electrons. The first-order chi connectivity index (χ1) is 13.1. The Balaban J connectivity index is 1.66. The fourth-order valence-electron chi connectivity index (χ4n) is 2.71. The zero-order valence-corrected chi connectivity index (χ0v) is 16.6. The first-order valence-electron chi connectivity index (χ1n) is 8.35. The van der Waals surface area contributed by atoms with Crippen LogP contribution in [0.4, 0.5) is 0 Å². The molecule has 0 unspecified atom stereocenters. The fraction of sp³-hybridized carbons (Fsp3) is 0.143. The minimum absolute atomic E-state index is 0.119. The molecule has 0 aliphatic heterocycles. The highest BCUT2D eigenvalue weighted by Crippen LogP contribution is 2.26. The first kappa shape index (κ1) is 18.9. The average Bonchev–Trinajstić information content (AvgIpc) is 2.67. The van der Waals surface area contributed by atoms with Crippen molar-refractivity contribution in [2.45, 2.75) is 6.92 Å². The quantitative estimate of drug-likeness (QED) is 0.467. The van der Waals surface area contributed by atoms with E-state index in [-0.39, 0.29) is 12.5 Å². The van der Waals surface area contributed by atoms with E-state index >= 15 is 0 Å². The predicted octanol–water partition coefficient (Wildman–Crippen LogP) is 4.45. The number of halogens is 1. The van der Waals surface area contributed by atoms with Gasteiger partial charge in [-0.15, -0.1) is 0 Å². The van der Waals surface area contributed by atoms with Crippen molar-refractivity contribution in [3.05, 3.63) is 70.2 Å². The Morgan fingerprint density at radius 3 is 2.70 bits per heavy atom. The van der Waals surface area contributed by atoms with Gasteiger partial charge in [-0.1, -0.05) is 46.3 Å². The minimum Gasteiger partial charge on any atom is -0.496 e. The third-order valence-corrected chi connectivity index (χ3v) is 4.52. The van der Waals surface area contributed by atoms with Gasteiger partial charge in [-0.2, -0.15) is 5.10 Å². The van der Waals surface area contributed by atoms with Crippen LogP contribution in [0.15, 0.2) is 64.2 Å². The molecule has 27 heavy (non-hydrogen) atoms. The Morgan fingerprint density at radius 1 is 1.15 bits per heavy atom. The molecule has 0 aromatic heterocycles. The van der Waals surface area contributed by atoms with Crippen LogP contribution in [0.2, 0.25) is 0 Å². The second-order valence-corrected chi connectivity index (χ2v) is 6.81. The van der Waals surface area contributed by atoms with E-state index in [0.717, 1.165) is 26.4 Å². The van der Waals surface area contributed by atoms with Crippen LogP contribution >= 0.6 is 15.9 Å². The number of rotatable bonds is 6. The van der Waals surface area contributed by atoms with Gasteiger partial charge in [0.1, 0.15) is 11.5 Å². The molecule has 0 atom stereocenters. The van der Waals surface area contributed by atoms with E-state index in [9.17, 15) is 4.79 Å². The molecule has 0 bridgehead atoms. The number of nitrogens with one attached hydrogen (secondary N) is 1. The number of hydrogen-bond acceptors (Lipinski definition) is 4. The summed E-state index contributed by atoms with van der Waals surface area (Å²) >= 11 is 3.40. The van der Waals surface area contributed by atoms with Crippen LogP contribution in [0.25, 0.3) is 10.8 Å². The summed E-state index contributed by atoms with van der Waals surface area (Å²) in [4.78, 5) is 12.0. The molecule has 0 radical (unpaired) electrons. The number of carbonyl (C=O) groups excluding carboxylic acids is 1. The normalized spacial score (nSPS) is 10.9. The monoisotopic (exact) mass is 426 g/mol. The molecular formula is C21H19BrN2O3. The number of nitrogens with zero attached hydrogens (tertiary/aromatic N) is 1. The van der Waals surface area contributed by atoms with Crippen molar-refractivity contribution >= 4 is 38.8 Å². The van der Waals surface area contributed by atoms with Gasteiger partial charge in [0.05, 0.1) is 13.3 Å². The Hall–Kier alpha value is -2.86. The largest absolute Gasteiger partial charge is 0.496 e. The lowest BCUT2D eigenvalue weighted by atomic mass is 10.0. The third kappa shape index (κ3) is 4.65. The molecular weight excluding hydrogens is 408 g/mol. The minimum atomic E-state index is -0.340. The number of amides is 1. The number of hydrazone groups is 1. The van der Waals surface area contributed by atoms with E-state index in [1.807, 2.05) is 61.5 Å². The molecule has 0 fully saturated rings. The van der Waals surface area contributed by atoms with Crippen LogP contribution in [0, 0.1) is 6.92 Å². The topological polar surface area (TPSA) is 59.9 Å². The number of benzene rings is 3. The number of fused-ring (bicyclic) bond motifs is 1. The van der Waals surface area contributed by atoms with Gasteiger partial charge >= 0.3 is 0 Å². The van der Waals surface area contributed by atoms with Gasteiger partial charge in [0, 0.05) is 10.0 Å². The van der Waals surface area contributed by atoms with Gasteiger partial charge in [0.15, 0.2) is 6.61 Å². The Bertz CT molecular complexity index is 1000. The number of methoxy groups -OCH3 is 1. The molecule has 3 aromatic rings. The van der Waals surface area contributed by atoms with Crippen molar-refractivity contribution in [3.63, 3.8) is 0 Å². The smallest absolute Gasteiger partial charge is 0.277 e. The van der Waals surface area contributed by atoms with Gasteiger partial charge in [-0.05, 0) is 47.5 Å². The molecule has 0 aliphatic carbocycles. The summed E-state index contributed by atoms with van der Waals surface area (Å²) in [6, 6.07) is 17.4. The zero-order valence-electron chi connectivity index (χ0n) is 15.0. The molecule has 1 N–H and O–H groups in total. The summed E-state index contributed by atoms with van der Waals surface area (Å²) in [5.41, 5.74) is 4.24. The van der Waals surface area contributed by atoms with Gasteiger partial charge in [-0.3, -0.25) is 4.79 Å². The van der Waals surface area contributed by atoms with E-state index in [1.54, 1.807) is 13.3 Å².